The second-order valence-corrected chi connectivity index (χ2v) is 3.83. The summed E-state index contributed by atoms with van der Waals surface area (Å²) in [4.78, 5) is 4.31. The van der Waals surface area contributed by atoms with E-state index < -0.39 is 0 Å². The molecule has 1 saturated carbocycles. The Bertz CT molecular complexity index is 396. The van der Waals surface area contributed by atoms with Crippen LogP contribution in [0.5, 0.6) is 0 Å². The maximum atomic E-state index is 5.40. The lowest BCUT2D eigenvalue weighted by atomic mass is 10.4. The van der Waals surface area contributed by atoms with E-state index in [1.54, 1.807) is 0 Å². The molecule has 12 heavy (non-hydrogen) atoms. The van der Waals surface area contributed by atoms with Crippen molar-refractivity contribution in [3.8, 4) is 0 Å². The minimum absolute atomic E-state index is 0.531. The summed E-state index contributed by atoms with van der Waals surface area (Å²) in [6, 6.07) is 1.82. The molecule has 0 aromatic carbocycles. The molecule has 62 valence electrons. The molecule has 0 bridgehead atoms. The first-order valence-corrected chi connectivity index (χ1v) is 4.68. The number of oxazole rings is 1. The van der Waals surface area contributed by atoms with Gasteiger partial charge >= 0.3 is 5.78 Å². The van der Waals surface area contributed by atoms with Gasteiger partial charge in [-0.1, -0.05) is 0 Å². The van der Waals surface area contributed by atoms with Crippen LogP contribution in [0.4, 0.5) is 0 Å². The molecular formula is C8H6BrNO2. The number of fused-ring (bicyclic) bond motifs is 1. The van der Waals surface area contributed by atoms with Crippen LogP contribution >= 0.6 is 15.9 Å². The lowest BCUT2D eigenvalue weighted by molar-refractivity contribution is 0.434. The number of halogens is 1. The van der Waals surface area contributed by atoms with Gasteiger partial charge in [-0.25, -0.2) is 4.98 Å². The van der Waals surface area contributed by atoms with Gasteiger partial charge in [-0.05, 0) is 28.8 Å². The van der Waals surface area contributed by atoms with Crippen molar-refractivity contribution in [2.75, 3.05) is 0 Å². The third-order valence-corrected chi connectivity index (χ3v) is 2.39. The topological polar surface area (TPSA) is 39.2 Å². The molecule has 0 atom stereocenters. The Balaban J connectivity index is 2.18. The number of nitrogens with zero attached hydrogens (tertiary/aromatic N) is 1. The maximum Gasteiger partial charge on any atom is 0.319 e. The third kappa shape index (κ3) is 0.909. The van der Waals surface area contributed by atoms with Crippen LogP contribution in [0.3, 0.4) is 0 Å². The van der Waals surface area contributed by atoms with Crippen molar-refractivity contribution in [1.82, 2.24) is 4.98 Å². The highest BCUT2D eigenvalue weighted by atomic mass is 79.9. The van der Waals surface area contributed by atoms with E-state index in [2.05, 4.69) is 20.9 Å². The monoisotopic (exact) mass is 227 g/mol. The molecule has 1 fully saturated rings. The lowest BCUT2D eigenvalue weighted by Crippen LogP contribution is -1.74. The smallest absolute Gasteiger partial charge is 0.319 e. The highest BCUT2D eigenvalue weighted by Gasteiger charge is 2.29. The van der Waals surface area contributed by atoms with Crippen LogP contribution in [0, 0.1) is 0 Å². The Morgan fingerprint density at radius 1 is 1.42 bits per heavy atom. The predicted molar refractivity (Wildman–Crippen MR) is 46.0 cm³/mol. The molecule has 0 unspecified atom stereocenters. The number of aromatic nitrogens is 1. The van der Waals surface area contributed by atoms with Crippen molar-refractivity contribution in [2.45, 2.75) is 18.8 Å². The van der Waals surface area contributed by atoms with Gasteiger partial charge < -0.3 is 8.83 Å². The van der Waals surface area contributed by atoms with Gasteiger partial charge in [0.2, 0.25) is 5.89 Å². The molecule has 2 aromatic rings. The molecule has 0 aliphatic heterocycles. The lowest BCUT2D eigenvalue weighted by Gasteiger charge is -1.83. The predicted octanol–water partition coefficient (Wildman–Crippen LogP) is 3.06. The van der Waals surface area contributed by atoms with Crippen molar-refractivity contribution in [1.29, 1.82) is 0 Å². The fourth-order valence-corrected chi connectivity index (χ4v) is 1.59. The molecule has 2 heterocycles. The number of hydrogen-bond acceptors (Lipinski definition) is 3. The Hall–Kier alpha value is -0.770. The number of hydrogen-bond donors (Lipinski definition) is 0. The van der Waals surface area contributed by atoms with Gasteiger partial charge in [0.1, 0.15) is 0 Å². The van der Waals surface area contributed by atoms with Crippen molar-refractivity contribution in [3.63, 3.8) is 0 Å². The van der Waals surface area contributed by atoms with Crippen molar-refractivity contribution in [3.05, 3.63) is 16.6 Å². The van der Waals surface area contributed by atoms with Crippen LogP contribution in [-0.2, 0) is 0 Å². The van der Waals surface area contributed by atoms with E-state index in [0.717, 1.165) is 11.4 Å². The molecule has 0 amide bonds. The first kappa shape index (κ1) is 6.71. The average molecular weight is 228 g/mol. The van der Waals surface area contributed by atoms with Gasteiger partial charge in [0.05, 0.1) is 0 Å². The van der Waals surface area contributed by atoms with Gasteiger partial charge in [0, 0.05) is 12.0 Å². The van der Waals surface area contributed by atoms with E-state index in [1.807, 2.05) is 6.07 Å². The highest BCUT2D eigenvalue weighted by Crippen LogP contribution is 2.41. The summed E-state index contributed by atoms with van der Waals surface area (Å²) < 4.78 is 11.3. The molecule has 2 aromatic heterocycles. The zero-order valence-electron chi connectivity index (χ0n) is 6.21. The Labute approximate surface area is 76.9 Å². The second kappa shape index (κ2) is 2.13. The van der Waals surface area contributed by atoms with Gasteiger partial charge in [0.15, 0.2) is 10.2 Å². The molecule has 3 rings (SSSR count). The van der Waals surface area contributed by atoms with E-state index >= 15 is 0 Å². The quantitative estimate of drug-likeness (QED) is 0.752. The standard InChI is InChI=1S/C8H6BrNO2/c9-6-3-5-8(11-6)12-7(10-5)4-1-2-4/h3-4H,1-2H2. The first-order valence-electron chi connectivity index (χ1n) is 3.89. The Kier molecular flexibility index (Phi) is 1.19. The molecule has 1 aliphatic carbocycles. The molecule has 0 saturated heterocycles. The summed E-state index contributed by atoms with van der Waals surface area (Å²) >= 11 is 3.21. The van der Waals surface area contributed by atoms with Crippen molar-refractivity contribution in [2.24, 2.45) is 0 Å². The fourth-order valence-electron chi connectivity index (χ4n) is 1.23. The number of furan rings is 1. The normalized spacial score (nSPS) is 17.4. The third-order valence-electron chi connectivity index (χ3n) is 2.00. The molecule has 0 radical (unpaired) electrons. The van der Waals surface area contributed by atoms with Crippen LogP contribution in [0.25, 0.3) is 11.3 Å². The first-order chi connectivity index (χ1) is 5.83. The zero-order valence-corrected chi connectivity index (χ0v) is 7.80. The zero-order chi connectivity index (χ0) is 8.13. The molecule has 1 aliphatic rings. The van der Waals surface area contributed by atoms with Gasteiger partial charge in [-0.15, -0.1) is 0 Å². The molecule has 3 nitrogen and oxygen atoms in total. The maximum absolute atomic E-state index is 5.40. The summed E-state index contributed by atoms with van der Waals surface area (Å²) in [5.74, 6) is 1.91. The highest BCUT2D eigenvalue weighted by molar-refractivity contribution is 9.10. The van der Waals surface area contributed by atoms with Gasteiger partial charge in [-0.2, -0.15) is 0 Å². The van der Waals surface area contributed by atoms with Gasteiger partial charge in [0.25, 0.3) is 0 Å². The minimum atomic E-state index is 0.531. The van der Waals surface area contributed by atoms with Crippen LogP contribution in [-0.4, -0.2) is 4.98 Å². The van der Waals surface area contributed by atoms with Crippen LogP contribution in [0.2, 0.25) is 0 Å². The minimum Gasteiger partial charge on any atom is -0.417 e. The molecule has 0 N–H and O–H groups in total. The summed E-state index contributed by atoms with van der Waals surface area (Å²) in [5, 5.41) is 0. The van der Waals surface area contributed by atoms with Gasteiger partial charge in [-0.3, -0.25) is 0 Å². The fraction of sp³-hybridized carbons (Fsp3) is 0.375. The average Bonchev–Trinajstić information content (AvgIpc) is 2.69. The Morgan fingerprint density at radius 2 is 2.25 bits per heavy atom. The molecule has 4 heteroatoms. The van der Waals surface area contributed by atoms with Crippen molar-refractivity contribution < 1.29 is 8.83 Å². The van der Waals surface area contributed by atoms with Crippen LogP contribution in [0.15, 0.2) is 19.6 Å². The largest absolute Gasteiger partial charge is 0.417 e. The van der Waals surface area contributed by atoms with E-state index in [1.165, 1.54) is 12.8 Å². The van der Waals surface area contributed by atoms with Crippen LogP contribution in [0.1, 0.15) is 24.7 Å². The Morgan fingerprint density at radius 3 is 2.92 bits per heavy atom. The summed E-state index contributed by atoms with van der Waals surface area (Å²) in [5.41, 5.74) is 0.809. The van der Waals surface area contributed by atoms with E-state index in [-0.39, 0.29) is 0 Å². The van der Waals surface area contributed by atoms with Crippen LogP contribution < -0.4 is 0 Å². The van der Waals surface area contributed by atoms with E-state index in [9.17, 15) is 0 Å². The van der Waals surface area contributed by atoms with Crippen molar-refractivity contribution >= 4 is 27.2 Å². The van der Waals surface area contributed by atoms with E-state index in [0.29, 0.717) is 16.4 Å². The second-order valence-electron chi connectivity index (χ2n) is 3.05. The summed E-state index contributed by atoms with van der Waals surface area (Å²) in [6.07, 6.45) is 2.40. The summed E-state index contributed by atoms with van der Waals surface area (Å²) in [6.45, 7) is 0. The molecule has 0 spiro atoms. The van der Waals surface area contributed by atoms with E-state index in [4.69, 9.17) is 8.83 Å². The summed E-state index contributed by atoms with van der Waals surface area (Å²) in [7, 11) is 0. The number of rotatable bonds is 1. The molecular weight excluding hydrogens is 222 g/mol. The SMILES string of the molecule is Brc1cc2nc(C3CC3)oc2o1.